The maximum Gasteiger partial charge on any atom is 0.225 e. The maximum absolute atomic E-state index is 5.70. The van der Waals surface area contributed by atoms with Crippen molar-refractivity contribution in [3.63, 3.8) is 0 Å². The van der Waals surface area contributed by atoms with Crippen molar-refractivity contribution in [1.29, 1.82) is 0 Å². The lowest BCUT2D eigenvalue weighted by Crippen LogP contribution is -3.13. The number of halogens is 1. The number of piperazine rings is 1. The fourth-order valence-corrected chi connectivity index (χ4v) is 3.63. The van der Waals surface area contributed by atoms with Gasteiger partial charge in [-0.2, -0.15) is 0 Å². The zero-order chi connectivity index (χ0) is 16.4. The molecule has 126 valence electrons. The second-order valence-electron chi connectivity index (χ2n) is 6.05. The molecule has 0 spiro atoms. The van der Waals surface area contributed by atoms with Crippen molar-refractivity contribution in [2.24, 2.45) is 0 Å². The molecule has 2 aliphatic rings. The number of hydrogen-bond acceptors (Lipinski definition) is 5. The van der Waals surface area contributed by atoms with Gasteiger partial charge >= 0.3 is 0 Å². The average molecular weight is 392 g/mol. The molecule has 0 atom stereocenters. The highest BCUT2D eigenvalue weighted by Gasteiger charge is 2.23. The maximum atomic E-state index is 5.70. The standard InChI is InChI=1S/C17H19BrN4O2/c18-14-11-16-15(23-8-9-24-16)10-13(14)12-21-4-6-22(7-5-21)17-19-2-1-3-20-17/h1-3,10-11H,4-9,12H2/p+1. The van der Waals surface area contributed by atoms with E-state index in [2.05, 4.69) is 36.9 Å². The smallest absolute Gasteiger partial charge is 0.225 e. The molecule has 3 heterocycles. The molecule has 6 nitrogen and oxygen atoms in total. The Morgan fingerprint density at radius 3 is 2.42 bits per heavy atom. The molecule has 0 aliphatic carbocycles. The Labute approximate surface area is 149 Å². The van der Waals surface area contributed by atoms with Crippen LogP contribution >= 0.6 is 15.9 Å². The molecule has 24 heavy (non-hydrogen) atoms. The Morgan fingerprint density at radius 1 is 1.04 bits per heavy atom. The second kappa shape index (κ2) is 6.94. The Balaban J connectivity index is 1.40. The molecule has 0 unspecified atom stereocenters. The minimum Gasteiger partial charge on any atom is -0.486 e. The van der Waals surface area contributed by atoms with E-state index in [4.69, 9.17) is 9.47 Å². The summed E-state index contributed by atoms with van der Waals surface area (Å²) in [6, 6.07) is 5.99. The van der Waals surface area contributed by atoms with Gasteiger partial charge in [-0.15, -0.1) is 0 Å². The van der Waals surface area contributed by atoms with Crippen molar-refractivity contribution >= 4 is 21.9 Å². The predicted octanol–water partition coefficient (Wildman–Crippen LogP) is 0.915. The summed E-state index contributed by atoms with van der Waals surface area (Å²) in [5.74, 6) is 2.52. The topological polar surface area (TPSA) is 51.9 Å². The van der Waals surface area contributed by atoms with Gasteiger partial charge in [-0.25, -0.2) is 9.97 Å². The van der Waals surface area contributed by atoms with Crippen LogP contribution in [0.15, 0.2) is 35.1 Å². The third-order valence-electron chi connectivity index (χ3n) is 4.46. The molecule has 7 heteroatoms. The van der Waals surface area contributed by atoms with E-state index in [1.54, 1.807) is 17.3 Å². The van der Waals surface area contributed by atoms with Crippen LogP contribution in [0, 0.1) is 0 Å². The number of benzene rings is 1. The van der Waals surface area contributed by atoms with E-state index in [1.165, 1.54) is 5.56 Å². The monoisotopic (exact) mass is 391 g/mol. The normalized spacial score (nSPS) is 17.8. The summed E-state index contributed by atoms with van der Waals surface area (Å²) in [5, 5.41) is 0. The molecular weight excluding hydrogens is 372 g/mol. The highest BCUT2D eigenvalue weighted by atomic mass is 79.9. The number of hydrogen-bond donors (Lipinski definition) is 1. The lowest BCUT2D eigenvalue weighted by Gasteiger charge is -2.32. The van der Waals surface area contributed by atoms with Crippen LogP contribution < -0.4 is 19.3 Å². The minimum atomic E-state index is 0.619. The summed E-state index contributed by atoms with van der Waals surface area (Å²) < 4.78 is 12.4. The van der Waals surface area contributed by atoms with Gasteiger partial charge in [-0.1, -0.05) is 15.9 Å². The van der Waals surface area contributed by atoms with E-state index in [0.29, 0.717) is 13.2 Å². The van der Waals surface area contributed by atoms with Crippen molar-refractivity contribution in [3.05, 3.63) is 40.6 Å². The van der Waals surface area contributed by atoms with E-state index in [1.807, 2.05) is 12.1 Å². The van der Waals surface area contributed by atoms with Gasteiger partial charge in [0, 0.05) is 22.4 Å². The van der Waals surface area contributed by atoms with E-state index in [-0.39, 0.29) is 0 Å². The molecule has 2 aliphatic heterocycles. The number of ether oxygens (including phenoxy) is 2. The Hall–Kier alpha value is -1.86. The van der Waals surface area contributed by atoms with Gasteiger partial charge in [0.2, 0.25) is 5.95 Å². The molecule has 0 bridgehead atoms. The first kappa shape index (κ1) is 15.7. The molecule has 0 saturated carbocycles. The van der Waals surface area contributed by atoms with Crippen molar-refractivity contribution in [2.75, 3.05) is 44.3 Å². The van der Waals surface area contributed by atoms with Crippen LogP contribution in [0.2, 0.25) is 0 Å². The van der Waals surface area contributed by atoms with Crippen molar-refractivity contribution in [1.82, 2.24) is 9.97 Å². The van der Waals surface area contributed by atoms with E-state index in [9.17, 15) is 0 Å². The lowest BCUT2D eigenvalue weighted by molar-refractivity contribution is -0.914. The number of nitrogens with one attached hydrogen (secondary N) is 1. The molecule has 0 radical (unpaired) electrons. The van der Waals surface area contributed by atoms with Crippen molar-refractivity contribution in [2.45, 2.75) is 6.54 Å². The zero-order valence-electron chi connectivity index (χ0n) is 13.4. The van der Waals surface area contributed by atoms with Gasteiger partial charge in [0.25, 0.3) is 0 Å². The van der Waals surface area contributed by atoms with Crippen LogP contribution in [0.25, 0.3) is 0 Å². The van der Waals surface area contributed by atoms with Gasteiger partial charge in [-0.05, 0) is 18.2 Å². The summed E-state index contributed by atoms with van der Waals surface area (Å²) in [6.07, 6.45) is 3.60. The minimum absolute atomic E-state index is 0.619. The molecule has 1 fully saturated rings. The highest BCUT2D eigenvalue weighted by Crippen LogP contribution is 2.35. The molecule has 0 amide bonds. The quantitative estimate of drug-likeness (QED) is 0.842. The van der Waals surface area contributed by atoms with E-state index < -0.39 is 0 Å². The average Bonchev–Trinajstić information content (AvgIpc) is 2.64. The van der Waals surface area contributed by atoms with Crippen LogP contribution in [0.4, 0.5) is 5.95 Å². The molecule has 2 aromatic rings. The van der Waals surface area contributed by atoms with Gasteiger partial charge in [0.15, 0.2) is 11.5 Å². The number of fused-ring (bicyclic) bond motifs is 1. The van der Waals surface area contributed by atoms with Gasteiger partial charge in [0.05, 0.1) is 26.2 Å². The number of rotatable bonds is 3. The van der Waals surface area contributed by atoms with E-state index >= 15 is 0 Å². The summed E-state index contributed by atoms with van der Waals surface area (Å²) in [6.45, 7) is 6.30. The van der Waals surface area contributed by atoms with Crippen LogP contribution in [0.1, 0.15) is 5.56 Å². The van der Waals surface area contributed by atoms with Crippen LogP contribution in [-0.2, 0) is 6.54 Å². The molecule has 1 aromatic heterocycles. The summed E-state index contributed by atoms with van der Waals surface area (Å²) in [7, 11) is 0. The number of anilines is 1. The largest absolute Gasteiger partial charge is 0.486 e. The summed E-state index contributed by atoms with van der Waals surface area (Å²) in [5.41, 5.74) is 1.26. The van der Waals surface area contributed by atoms with Gasteiger partial charge in [0.1, 0.15) is 19.8 Å². The second-order valence-corrected chi connectivity index (χ2v) is 6.90. The molecule has 1 saturated heterocycles. The van der Waals surface area contributed by atoms with Gasteiger partial charge in [-0.3, -0.25) is 0 Å². The van der Waals surface area contributed by atoms with Crippen molar-refractivity contribution in [3.8, 4) is 11.5 Å². The van der Waals surface area contributed by atoms with Gasteiger partial charge < -0.3 is 19.3 Å². The fraction of sp³-hybridized carbons (Fsp3) is 0.412. The van der Waals surface area contributed by atoms with Crippen LogP contribution in [0.3, 0.4) is 0 Å². The summed E-state index contributed by atoms with van der Waals surface area (Å²) in [4.78, 5) is 12.5. The van der Waals surface area contributed by atoms with Crippen molar-refractivity contribution < 1.29 is 14.4 Å². The zero-order valence-corrected chi connectivity index (χ0v) is 15.0. The number of quaternary nitrogens is 1. The van der Waals surface area contributed by atoms with Crippen LogP contribution in [-0.4, -0.2) is 49.4 Å². The Kier molecular flexibility index (Phi) is 4.53. The third kappa shape index (κ3) is 3.32. The SMILES string of the molecule is Brc1cc2c(cc1C[NH+]1CCN(c3ncccn3)CC1)OCCO2. The van der Waals surface area contributed by atoms with E-state index in [0.717, 1.165) is 54.6 Å². The highest BCUT2D eigenvalue weighted by molar-refractivity contribution is 9.10. The molecule has 4 rings (SSSR count). The third-order valence-corrected chi connectivity index (χ3v) is 5.20. The first-order valence-corrected chi connectivity index (χ1v) is 9.02. The fourth-order valence-electron chi connectivity index (χ4n) is 3.17. The first-order valence-electron chi connectivity index (χ1n) is 8.23. The molecular formula is C17H20BrN4O2+. The lowest BCUT2D eigenvalue weighted by atomic mass is 10.1. The Morgan fingerprint density at radius 2 is 1.71 bits per heavy atom. The number of nitrogens with zero attached hydrogens (tertiary/aromatic N) is 3. The number of aromatic nitrogens is 2. The predicted molar refractivity (Wildman–Crippen MR) is 93.8 cm³/mol. The first-order chi connectivity index (χ1) is 11.8. The molecule has 1 aromatic carbocycles. The Bertz CT molecular complexity index is 705. The molecule has 1 N–H and O–H groups in total. The van der Waals surface area contributed by atoms with Crippen LogP contribution in [0.5, 0.6) is 11.5 Å². The summed E-state index contributed by atoms with van der Waals surface area (Å²) >= 11 is 3.67.